The van der Waals surface area contributed by atoms with E-state index in [1.807, 2.05) is 0 Å². The molecule has 11 nitrogen and oxygen atoms in total. The first kappa shape index (κ1) is 20.5. The number of Topliss-reactive ketones (excluding diaryl/α,β-unsaturated/α-hetero) is 1. The molecule has 3 heterocycles. The molecule has 1 aliphatic heterocycles. The number of rotatable bonds is 7. The molecule has 0 bridgehead atoms. The van der Waals surface area contributed by atoms with Crippen LogP contribution in [0.5, 0.6) is 0 Å². The number of aromatic amines is 1. The molecule has 31 heavy (non-hydrogen) atoms. The second kappa shape index (κ2) is 8.52. The highest BCUT2D eigenvalue weighted by molar-refractivity contribution is 8.00. The highest BCUT2D eigenvalue weighted by Gasteiger charge is 2.34. The van der Waals surface area contributed by atoms with Gasteiger partial charge in [-0.2, -0.15) is 0 Å². The van der Waals surface area contributed by atoms with Crippen LogP contribution in [0.2, 0.25) is 0 Å². The molecule has 3 aromatic rings. The number of fused-ring (bicyclic) bond motifs is 1. The Kier molecular flexibility index (Phi) is 5.62. The molecule has 0 spiro atoms. The summed E-state index contributed by atoms with van der Waals surface area (Å²) in [4.78, 5) is 58.3. The Morgan fingerprint density at radius 2 is 2.03 bits per heavy atom. The van der Waals surface area contributed by atoms with Gasteiger partial charge in [-0.3, -0.25) is 29.9 Å². The van der Waals surface area contributed by atoms with E-state index in [1.54, 1.807) is 30.5 Å². The number of carbonyl (C=O) groups excluding carboxylic acids is 3. The van der Waals surface area contributed by atoms with E-state index in [2.05, 4.69) is 20.4 Å². The third kappa shape index (κ3) is 4.38. The van der Waals surface area contributed by atoms with Gasteiger partial charge in [0.05, 0.1) is 16.2 Å². The Balaban J connectivity index is 1.37. The zero-order chi connectivity index (χ0) is 22.0. The Morgan fingerprint density at radius 3 is 2.74 bits per heavy atom. The number of H-pyrrole nitrogens is 1. The standard InChI is InChI=1S/C19H16N6O5S/c26-14(18-21-13-2-1-9-20-17(13)22-18)7-8-15(27)23-24-16(28)10-31-19(24)11-3-5-12(6-4-11)25(29)30/h1-6,9,19H,7-8,10H2,(H,23,27)(H,20,21,22). The van der Waals surface area contributed by atoms with Crippen molar-refractivity contribution >= 4 is 46.2 Å². The van der Waals surface area contributed by atoms with Crippen LogP contribution in [0.25, 0.3) is 11.2 Å². The van der Waals surface area contributed by atoms with Crippen molar-refractivity contribution in [3.8, 4) is 0 Å². The fraction of sp³-hybridized carbons (Fsp3) is 0.211. The Bertz CT molecular complexity index is 1150. The summed E-state index contributed by atoms with van der Waals surface area (Å²) in [5, 5.41) is 11.5. The van der Waals surface area contributed by atoms with Crippen molar-refractivity contribution in [3.05, 3.63) is 64.1 Å². The molecule has 0 saturated carbocycles. The maximum Gasteiger partial charge on any atom is 0.269 e. The number of nitro benzene ring substituents is 1. The van der Waals surface area contributed by atoms with E-state index < -0.39 is 16.2 Å². The summed E-state index contributed by atoms with van der Waals surface area (Å²) in [7, 11) is 0. The number of nitro groups is 1. The molecule has 0 radical (unpaired) electrons. The van der Waals surface area contributed by atoms with Crippen molar-refractivity contribution in [2.45, 2.75) is 18.2 Å². The molecule has 2 N–H and O–H groups in total. The largest absolute Gasteiger partial charge is 0.334 e. The fourth-order valence-electron chi connectivity index (χ4n) is 3.06. The molecule has 1 aliphatic rings. The third-order valence-corrected chi connectivity index (χ3v) is 5.82. The van der Waals surface area contributed by atoms with Crippen molar-refractivity contribution in [2.24, 2.45) is 0 Å². The number of hydrogen-bond donors (Lipinski definition) is 2. The van der Waals surface area contributed by atoms with Gasteiger partial charge in [0.15, 0.2) is 17.3 Å². The number of non-ortho nitro benzene ring substituents is 1. The van der Waals surface area contributed by atoms with Crippen LogP contribution in [-0.4, -0.2) is 48.2 Å². The SMILES string of the molecule is O=C(CCC(=O)c1nc2ncccc2[nH]1)NN1C(=O)CSC1c1ccc([N+](=O)[O-])cc1. The summed E-state index contributed by atoms with van der Waals surface area (Å²) >= 11 is 1.29. The summed E-state index contributed by atoms with van der Waals surface area (Å²) in [5.74, 6) is -0.852. The van der Waals surface area contributed by atoms with Crippen molar-refractivity contribution in [2.75, 3.05) is 5.75 Å². The molecule has 4 rings (SSSR count). The number of nitrogens with one attached hydrogen (secondary N) is 2. The second-order valence-corrected chi connectivity index (χ2v) is 7.76. The highest BCUT2D eigenvalue weighted by atomic mass is 32.2. The van der Waals surface area contributed by atoms with E-state index in [1.165, 1.54) is 28.9 Å². The second-order valence-electron chi connectivity index (χ2n) is 6.69. The minimum Gasteiger partial charge on any atom is -0.334 e. The molecule has 0 aliphatic carbocycles. The molecule has 2 amide bonds. The number of nitrogens with zero attached hydrogens (tertiary/aromatic N) is 4. The number of thioether (sulfide) groups is 1. The first-order chi connectivity index (χ1) is 14.9. The van der Waals surface area contributed by atoms with E-state index in [9.17, 15) is 24.5 Å². The maximum absolute atomic E-state index is 12.4. The van der Waals surface area contributed by atoms with Gasteiger partial charge in [-0.25, -0.2) is 15.0 Å². The lowest BCUT2D eigenvalue weighted by atomic mass is 10.2. The number of carbonyl (C=O) groups is 3. The van der Waals surface area contributed by atoms with Gasteiger partial charge in [0.25, 0.3) is 11.6 Å². The number of aromatic nitrogens is 3. The first-order valence-electron chi connectivity index (χ1n) is 9.24. The number of benzene rings is 1. The molecule has 2 aromatic heterocycles. The van der Waals surface area contributed by atoms with Crippen LogP contribution >= 0.6 is 11.8 Å². The summed E-state index contributed by atoms with van der Waals surface area (Å²) < 4.78 is 0. The van der Waals surface area contributed by atoms with Crippen LogP contribution in [0.15, 0.2) is 42.6 Å². The maximum atomic E-state index is 12.4. The number of amides is 2. The predicted octanol–water partition coefficient (Wildman–Crippen LogP) is 2.13. The predicted molar refractivity (Wildman–Crippen MR) is 111 cm³/mol. The third-order valence-electron chi connectivity index (χ3n) is 4.60. The van der Waals surface area contributed by atoms with Gasteiger partial charge in [0.1, 0.15) is 5.37 Å². The van der Waals surface area contributed by atoms with Gasteiger partial charge in [-0.1, -0.05) is 0 Å². The molecular formula is C19H16N6O5S. The van der Waals surface area contributed by atoms with Crippen LogP contribution in [0.1, 0.15) is 34.4 Å². The number of hydrazine groups is 1. The molecule has 1 saturated heterocycles. The van der Waals surface area contributed by atoms with Gasteiger partial charge in [-0.05, 0) is 29.8 Å². The van der Waals surface area contributed by atoms with Gasteiger partial charge >= 0.3 is 0 Å². The molecule has 1 aromatic carbocycles. The Morgan fingerprint density at radius 1 is 1.26 bits per heavy atom. The van der Waals surface area contributed by atoms with Gasteiger partial charge in [0.2, 0.25) is 5.91 Å². The van der Waals surface area contributed by atoms with Crippen LogP contribution < -0.4 is 5.43 Å². The topological polar surface area (TPSA) is 151 Å². The van der Waals surface area contributed by atoms with E-state index in [4.69, 9.17) is 0 Å². The Hall–Kier alpha value is -3.80. The van der Waals surface area contributed by atoms with E-state index in [-0.39, 0.29) is 41.8 Å². The monoisotopic (exact) mass is 440 g/mol. The number of imidazole rings is 1. The molecular weight excluding hydrogens is 424 g/mol. The molecule has 1 unspecified atom stereocenters. The molecule has 12 heteroatoms. The quantitative estimate of drug-likeness (QED) is 0.322. The Labute approximate surface area is 179 Å². The lowest BCUT2D eigenvalue weighted by Crippen LogP contribution is -2.44. The molecule has 1 fully saturated rings. The average molecular weight is 440 g/mol. The van der Waals surface area contributed by atoms with E-state index in [0.29, 0.717) is 16.7 Å². The summed E-state index contributed by atoms with van der Waals surface area (Å²) in [6.45, 7) is 0. The molecule has 158 valence electrons. The van der Waals surface area contributed by atoms with Gasteiger partial charge in [0, 0.05) is 31.2 Å². The van der Waals surface area contributed by atoms with Crippen LogP contribution in [-0.2, 0) is 9.59 Å². The zero-order valence-electron chi connectivity index (χ0n) is 16.0. The van der Waals surface area contributed by atoms with Crippen LogP contribution in [0.3, 0.4) is 0 Å². The van der Waals surface area contributed by atoms with Crippen molar-refractivity contribution in [1.82, 2.24) is 25.4 Å². The number of pyridine rings is 1. The smallest absolute Gasteiger partial charge is 0.269 e. The summed E-state index contributed by atoms with van der Waals surface area (Å²) in [6.07, 6.45) is 1.34. The van der Waals surface area contributed by atoms with Crippen molar-refractivity contribution in [1.29, 1.82) is 0 Å². The normalized spacial score (nSPS) is 15.9. The van der Waals surface area contributed by atoms with E-state index >= 15 is 0 Å². The zero-order valence-corrected chi connectivity index (χ0v) is 16.8. The van der Waals surface area contributed by atoms with Crippen molar-refractivity contribution < 1.29 is 19.3 Å². The lowest BCUT2D eigenvalue weighted by Gasteiger charge is -2.24. The lowest BCUT2D eigenvalue weighted by molar-refractivity contribution is -0.384. The first-order valence-corrected chi connectivity index (χ1v) is 10.3. The number of hydrogen-bond acceptors (Lipinski definition) is 8. The highest BCUT2D eigenvalue weighted by Crippen LogP contribution is 2.37. The minimum absolute atomic E-state index is 0.0621. The van der Waals surface area contributed by atoms with Gasteiger partial charge in [-0.15, -0.1) is 11.8 Å². The van der Waals surface area contributed by atoms with Gasteiger partial charge < -0.3 is 4.98 Å². The summed E-state index contributed by atoms with van der Waals surface area (Å²) in [6, 6.07) is 9.25. The van der Waals surface area contributed by atoms with Crippen molar-refractivity contribution in [3.63, 3.8) is 0 Å². The van der Waals surface area contributed by atoms with Crippen LogP contribution in [0.4, 0.5) is 5.69 Å². The van der Waals surface area contributed by atoms with Crippen LogP contribution in [0, 0.1) is 10.1 Å². The number of ketones is 1. The average Bonchev–Trinajstić information content (AvgIpc) is 3.36. The minimum atomic E-state index is -0.509. The fourth-order valence-corrected chi connectivity index (χ4v) is 4.17. The summed E-state index contributed by atoms with van der Waals surface area (Å²) in [5.41, 5.74) is 4.17. The molecule has 1 atom stereocenters. The van der Waals surface area contributed by atoms with E-state index in [0.717, 1.165) is 0 Å².